The van der Waals surface area contributed by atoms with Crippen LogP contribution in [0.2, 0.25) is 0 Å². The van der Waals surface area contributed by atoms with Gasteiger partial charge in [-0.2, -0.15) is 0 Å². The van der Waals surface area contributed by atoms with Gasteiger partial charge in [-0.1, -0.05) is 12.1 Å². The Bertz CT molecular complexity index is 453. The van der Waals surface area contributed by atoms with E-state index in [0.29, 0.717) is 13.0 Å². The van der Waals surface area contributed by atoms with E-state index in [-0.39, 0.29) is 5.91 Å². The number of ether oxygens (including phenoxy) is 1. The van der Waals surface area contributed by atoms with Crippen molar-refractivity contribution in [3.8, 4) is 5.75 Å². The van der Waals surface area contributed by atoms with E-state index in [4.69, 9.17) is 4.74 Å². The van der Waals surface area contributed by atoms with E-state index < -0.39 is 0 Å². The lowest BCUT2D eigenvalue weighted by atomic mass is 10.2. The third-order valence-electron chi connectivity index (χ3n) is 3.95. The van der Waals surface area contributed by atoms with Crippen LogP contribution in [0.25, 0.3) is 0 Å². The van der Waals surface area contributed by atoms with Crippen LogP contribution >= 0.6 is 0 Å². The number of benzene rings is 1. The summed E-state index contributed by atoms with van der Waals surface area (Å²) in [4.78, 5) is 16.4. The van der Waals surface area contributed by atoms with E-state index in [2.05, 4.69) is 22.3 Å². The van der Waals surface area contributed by atoms with Gasteiger partial charge in [-0.3, -0.25) is 9.69 Å². The van der Waals surface area contributed by atoms with Gasteiger partial charge < -0.3 is 15.0 Å². The minimum atomic E-state index is 0.259. The van der Waals surface area contributed by atoms with Crippen LogP contribution in [0.3, 0.4) is 0 Å². The molecular weight excluding hydrogens is 278 g/mol. The molecule has 0 aromatic heterocycles. The van der Waals surface area contributed by atoms with Crippen LogP contribution in [0.1, 0.15) is 18.9 Å². The molecule has 5 nitrogen and oxygen atoms in total. The van der Waals surface area contributed by atoms with Gasteiger partial charge in [0.05, 0.1) is 6.61 Å². The van der Waals surface area contributed by atoms with Gasteiger partial charge >= 0.3 is 0 Å². The number of nitrogens with zero attached hydrogens (tertiary/aromatic N) is 2. The molecule has 0 atom stereocenters. The maximum atomic E-state index is 12.0. The molecule has 1 saturated heterocycles. The lowest BCUT2D eigenvalue weighted by molar-refractivity contribution is -0.132. The lowest BCUT2D eigenvalue weighted by Crippen LogP contribution is -2.48. The first-order valence-corrected chi connectivity index (χ1v) is 8.09. The highest BCUT2D eigenvalue weighted by molar-refractivity contribution is 5.76. The molecule has 1 fully saturated rings. The molecule has 0 bridgehead atoms. The molecule has 1 aliphatic heterocycles. The van der Waals surface area contributed by atoms with Crippen LogP contribution in [0.15, 0.2) is 24.3 Å². The van der Waals surface area contributed by atoms with Crippen LogP contribution < -0.4 is 10.1 Å². The fourth-order valence-electron chi connectivity index (χ4n) is 2.66. The first kappa shape index (κ1) is 16.8. The zero-order chi connectivity index (χ0) is 15.8. The summed E-state index contributed by atoms with van der Waals surface area (Å²) in [6.07, 6.45) is 0.593. The zero-order valence-corrected chi connectivity index (χ0v) is 13.7. The topological polar surface area (TPSA) is 44.8 Å². The number of amides is 1. The average Bonchev–Trinajstić information content (AvgIpc) is 2.55. The summed E-state index contributed by atoms with van der Waals surface area (Å²) in [5.41, 5.74) is 1.29. The van der Waals surface area contributed by atoms with Crippen LogP contribution in [-0.4, -0.2) is 62.1 Å². The van der Waals surface area contributed by atoms with Crippen LogP contribution in [0, 0.1) is 0 Å². The summed E-state index contributed by atoms with van der Waals surface area (Å²) in [5, 5.41) is 3.02. The molecule has 1 aromatic carbocycles. The SMILES string of the molecule is CCOc1ccc(CN2CCN(C(=O)CCNC)CC2)cc1. The van der Waals surface area contributed by atoms with Crippen molar-refractivity contribution in [1.29, 1.82) is 0 Å². The molecule has 2 rings (SSSR count). The van der Waals surface area contributed by atoms with Crippen LogP contribution in [-0.2, 0) is 11.3 Å². The van der Waals surface area contributed by atoms with E-state index >= 15 is 0 Å². The fraction of sp³-hybridized carbons (Fsp3) is 0.588. The van der Waals surface area contributed by atoms with Gasteiger partial charge in [0.2, 0.25) is 5.91 Å². The highest BCUT2D eigenvalue weighted by atomic mass is 16.5. The number of nitrogens with one attached hydrogen (secondary N) is 1. The quantitative estimate of drug-likeness (QED) is 0.826. The number of rotatable bonds is 7. The normalized spacial score (nSPS) is 15.8. The Morgan fingerprint density at radius 3 is 2.45 bits per heavy atom. The predicted octanol–water partition coefficient (Wildman–Crippen LogP) is 1.34. The molecule has 0 radical (unpaired) electrons. The van der Waals surface area contributed by atoms with E-state index in [9.17, 15) is 4.79 Å². The van der Waals surface area contributed by atoms with Crippen molar-refractivity contribution in [2.75, 3.05) is 46.4 Å². The molecule has 1 N–H and O–H groups in total. The van der Waals surface area contributed by atoms with Gasteiger partial charge in [-0.15, -0.1) is 0 Å². The lowest BCUT2D eigenvalue weighted by Gasteiger charge is -2.34. The van der Waals surface area contributed by atoms with Gasteiger partial charge in [0.15, 0.2) is 0 Å². The summed E-state index contributed by atoms with van der Waals surface area (Å²) >= 11 is 0. The Labute approximate surface area is 133 Å². The summed E-state index contributed by atoms with van der Waals surface area (Å²) in [7, 11) is 1.88. The molecule has 0 unspecified atom stereocenters. The fourth-order valence-corrected chi connectivity index (χ4v) is 2.66. The Hall–Kier alpha value is -1.59. The van der Waals surface area contributed by atoms with Gasteiger partial charge in [-0.05, 0) is 31.7 Å². The van der Waals surface area contributed by atoms with Crippen molar-refractivity contribution in [2.24, 2.45) is 0 Å². The average molecular weight is 305 g/mol. The largest absolute Gasteiger partial charge is 0.494 e. The number of carbonyl (C=O) groups excluding carboxylic acids is 1. The summed E-state index contributed by atoms with van der Waals surface area (Å²) in [6, 6.07) is 8.29. The first-order valence-electron chi connectivity index (χ1n) is 8.09. The second-order valence-corrected chi connectivity index (χ2v) is 5.59. The third-order valence-corrected chi connectivity index (χ3v) is 3.95. The second-order valence-electron chi connectivity index (χ2n) is 5.59. The first-order chi connectivity index (χ1) is 10.7. The number of hydrogen-bond donors (Lipinski definition) is 1. The minimum Gasteiger partial charge on any atom is -0.494 e. The monoisotopic (exact) mass is 305 g/mol. The number of hydrogen-bond acceptors (Lipinski definition) is 4. The molecule has 122 valence electrons. The molecule has 0 spiro atoms. The Morgan fingerprint density at radius 1 is 1.18 bits per heavy atom. The maximum Gasteiger partial charge on any atom is 0.223 e. The highest BCUT2D eigenvalue weighted by Crippen LogP contribution is 2.14. The van der Waals surface area contributed by atoms with Crippen molar-refractivity contribution in [3.63, 3.8) is 0 Å². The molecule has 22 heavy (non-hydrogen) atoms. The van der Waals surface area contributed by atoms with E-state index in [1.54, 1.807) is 0 Å². The Morgan fingerprint density at radius 2 is 1.86 bits per heavy atom. The van der Waals surface area contributed by atoms with E-state index in [0.717, 1.165) is 45.0 Å². The highest BCUT2D eigenvalue weighted by Gasteiger charge is 2.20. The molecule has 5 heteroatoms. The molecule has 0 saturated carbocycles. The summed E-state index contributed by atoms with van der Waals surface area (Å²) in [6.45, 7) is 7.93. The minimum absolute atomic E-state index is 0.259. The van der Waals surface area contributed by atoms with E-state index in [1.165, 1.54) is 5.56 Å². The number of piperazine rings is 1. The van der Waals surface area contributed by atoms with Gasteiger partial charge in [0, 0.05) is 45.7 Å². The molecule has 1 aromatic rings. The summed E-state index contributed by atoms with van der Waals surface area (Å²) < 4.78 is 5.46. The zero-order valence-electron chi connectivity index (χ0n) is 13.7. The number of carbonyl (C=O) groups is 1. The van der Waals surface area contributed by atoms with Gasteiger partial charge in [0.1, 0.15) is 5.75 Å². The Balaban J connectivity index is 1.76. The van der Waals surface area contributed by atoms with E-state index in [1.807, 2.05) is 31.0 Å². The van der Waals surface area contributed by atoms with Crippen molar-refractivity contribution in [2.45, 2.75) is 19.9 Å². The molecule has 1 amide bonds. The smallest absolute Gasteiger partial charge is 0.223 e. The van der Waals surface area contributed by atoms with Crippen LogP contribution in [0.5, 0.6) is 5.75 Å². The molecule has 1 aliphatic rings. The summed E-state index contributed by atoms with van der Waals surface area (Å²) in [5.74, 6) is 1.18. The van der Waals surface area contributed by atoms with Gasteiger partial charge in [-0.25, -0.2) is 0 Å². The standard InChI is InChI=1S/C17H27N3O2/c1-3-22-16-6-4-15(5-7-16)14-19-10-12-20(13-11-19)17(21)8-9-18-2/h4-7,18H,3,8-14H2,1-2H3. The van der Waals surface area contributed by atoms with Crippen molar-refractivity contribution in [1.82, 2.24) is 15.1 Å². The molecule has 0 aliphatic carbocycles. The van der Waals surface area contributed by atoms with Crippen molar-refractivity contribution in [3.05, 3.63) is 29.8 Å². The maximum absolute atomic E-state index is 12.0. The third kappa shape index (κ3) is 5.00. The second kappa shape index (κ2) is 8.76. The molecule has 1 heterocycles. The van der Waals surface area contributed by atoms with Crippen molar-refractivity contribution < 1.29 is 9.53 Å². The Kier molecular flexibility index (Phi) is 6.68. The van der Waals surface area contributed by atoms with Gasteiger partial charge in [0.25, 0.3) is 0 Å². The van der Waals surface area contributed by atoms with Crippen LogP contribution in [0.4, 0.5) is 0 Å². The molecular formula is C17H27N3O2. The van der Waals surface area contributed by atoms with Crippen molar-refractivity contribution >= 4 is 5.91 Å². The predicted molar refractivity (Wildman–Crippen MR) is 88.0 cm³/mol.